The highest BCUT2D eigenvalue weighted by Crippen LogP contribution is 2.56. The number of carbonyl (C=O) groups excluding carboxylic acids is 1. The molecule has 0 spiro atoms. The highest BCUT2D eigenvalue weighted by Gasteiger charge is 2.57. The molecule has 1 N–H and O–H groups in total. The van der Waals surface area contributed by atoms with Crippen molar-refractivity contribution < 1.29 is 9.53 Å². The van der Waals surface area contributed by atoms with Crippen LogP contribution in [0.2, 0.25) is 0 Å². The van der Waals surface area contributed by atoms with Crippen LogP contribution in [0.15, 0.2) is 35.9 Å². The van der Waals surface area contributed by atoms with Crippen molar-refractivity contribution in [1.29, 1.82) is 21.2 Å². The number of hydrogen-bond acceptors (Lipinski definition) is 6. The first kappa shape index (κ1) is 22.3. The first-order chi connectivity index (χ1) is 14.6. The van der Waals surface area contributed by atoms with Crippen molar-refractivity contribution >= 4 is 11.7 Å². The van der Waals surface area contributed by atoms with Gasteiger partial charge in [-0.15, -0.1) is 0 Å². The van der Waals surface area contributed by atoms with Crippen molar-refractivity contribution in [2.45, 2.75) is 39.5 Å². The number of nitriles is 3. The maximum atomic E-state index is 11.8. The van der Waals surface area contributed by atoms with Crippen molar-refractivity contribution in [3.63, 3.8) is 0 Å². The fourth-order valence-corrected chi connectivity index (χ4v) is 5.03. The first-order valence-corrected chi connectivity index (χ1v) is 10.3. The maximum absolute atomic E-state index is 11.8. The zero-order valence-electron chi connectivity index (χ0n) is 18.3. The Labute approximate surface area is 183 Å². The molecule has 3 rings (SSSR count). The second kappa shape index (κ2) is 8.01. The zero-order valence-corrected chi connectivity index (χ0v) is 18.3. The predicted molar refractivity (Wildman–Crippen MR) is 115 cm³/mol. The molecule has 1 saturated carbocycles. The lowest BCUT2D eigenvalue weighted by Gasteiger charge is -2.48. The predicted octanol–water partition coefficient (Wildman–Crippen LogP) is 4.76. The Balaban J connectivity index is 2.17. The lowest BCUT2D eigenvalue weighted by Crippen LogP contribution is -2.49. The number of allylic oxidation sites excluding steroid dienone is 2. The van der Waals surface area contributed by atoms with E-state index >= 15 is 0 Å². The van der Waals surface area contributed by atoms with Crippen LogP contribution in [0.5, 0.6) is 0 Å². The van der Waals surface area contributed by atoms with E-state index in [2.05, 4.69) is 39.0 Å². The molecule has 1 fully saturated rings. The highest BCUT2D eigenvalue weighted by molar-refractivity contribution is 6.01. The summed E-state index contributed by atoms with van der Waals surface area (Å²) in [4.78, 5) is 11.8. The number of nitrogens with one attached hydrogen (secondary N) is 1. The van der Waals surface area contributed by atoms with Gasteiger partial charge in [0, 0.05) is 5.92 Å². The number of carbonyl (C=O) groups is 1. The van der Waals surface area contributed by atoms with Gasteiger partial charge in [0.05, 0.1) is 42.5 Å². The fourth-order valence-electron chi connectivity index (χ4n) is 5.03. The van der Waals surface area contributed by atoms with Gasteiger partial charge in [0.25, 0.3) is 0 Å². The van der Waals surface area contributed by atoms with Crippen molar-refractivity contribution in [1.82, 2.24) is 0 Å². The summed E-state index contributed by atoms with van der Waals surface area (Å²) in [6, 6.07) is 13.3. The van der Waals surface area contributed by atoms with Crippen LogP contribution in [-0.4, -0.2) is 18.8 Å². The molecular formula is C25H26N4O2. The molecule has 2 aliphatic rings. The van der Waals surface area contributed by atoms with Gasteiger partial charge in [-0.3, -0.25) is 0 Å². The molecule has 4 atom stereocenters. The minimum atomic E-state index is -1.70. The summed E-state index contributed by atoms with van der Waals surface area (Å²) < 4.78 is 4.77. The number of rotatable bonds is 2. The number of methoxy groups -OCH3 is 1. The smallest absolute Gasteiger partial charge is 0.337 e. The van der Waals surface area contributed by atoms with Crippen molar-refractivity contribution in [3.05, 3.63) is 47.0 Å². The third-order valence-corrected chi connectivity index (χ3v) is 6.92. The second-order valence-electron chi connectivity index (χ2n) is 9.43. The molecule has 6 nitrogen and oxygen atoms in total. The van der Waals surface area contributed by atoms with Gasteiger partial charge >= 0.3 is 5.97 Å². The summed E-state index contributed by atoms with van der Waals surface area (Å²) in [6.45, 7) is 6.52. The summed E-state index contributed by atoms with van der Waals surface area (Å²) in [6.07, 6.45) is 3.43. The van der Waals surface area contributed by atoms with Crippen LogP contribution in [0.4, 0.5) is 0 Å². The molecule has 1 aromatic rings. The lowest BCUT2D eigenvalue weighted by atomic mass is 9.52. The standard InChI is InChI=1S/C25H26N4O2/c1-24(2,3)17-9-10-20-18(11-17)21(15-5-7-16(8-6-15)23(30)31-4)19(12-26)22(29)25(20,13-27)14-28/h5-8,10,17-19,21,29H,9,11H2,1-4H3/t17-,18+,19-,21-/m1/s1. The van der Waals surface area contributed by atoms with Crippen LogP contribution in [0, 0.1) is 68.0 Å². The van der Waals surface area contributed by atoms with Crippen LogP contribution < -0.4 is 0 Å². The largest absolute Gasteiger partial charge is 0.465 e. The van der Waals surface area contributed by atoms with Gasteiger partial charge in [-0.2, -0.15) is 15.8 Å². The van der Waals surface area contributed by atoms with E-state index in [0.717, 1.165) is 18.4 Å². The normalized spacial score (nSPS) is 27.0. The van der Waals surface area contributed by atoms with E-state index in [0.29, 0.717) is 17.1 Å². The molecule has 6 heteroatoms. The van der Waals surface area contributed by atoms with Crippen molar-refractivity contribution in [2.75, 3.05) is 7.11 Å². The number of benzene rings is 1. The van der Waals surface area contributed by atoms with Crippen molar-refractivity contribution in [2.24, 2.45) is 28.6 Å². The molecule has 0 heterocycles. The molecule has 1 aromatic carbocycles. The van der Waals surface area contributed by atoms with Crippen molar-refractivity contribution in [3.8, 4) is 18.2 Å². The SMILES string of the molecule is COC(=O)c1ccc([C@H]2[C@@H](C#N)C(=N)C(C#N)(C#N)C3=CC[C@@H](C(C)(C)C)C[C@@H]32)cc1. The van der Waals surface area contributed by atoms with Gasteiger partial charge < -0.3 is 10.1 Å². The maximum Gasteiger partial charge on any atom is 0.337 e. The molecular weight excluding hydrogens is 388 g/mol. The lowest BCUT2D eigenvalue weighted by molar-refractivity contribution is 0.0600. The molecule has 0 unspecified atom stereocenters. The molecule has 0 aliphatic heterocycles. The Morgan fingerprint density at radius 1 is 1.16 bits per heavy atom. The number of ether oxygens (including phenoxy) is 1. The summed E-state index contributed by atoms with van der Waals surface area (Å²) in [7, 11) is 1.32. The summed E-state index contributed by atoms with van der Waals surface area (Å²) >= 11 is 0. The summed E-state index contributed by atoms with van der Waals surface area (Å²) in [5.74, 6) is -1.60. The third-order valence-electron chi connectivity index (χ3n) is 6.92. The van der Waals surface area contributed by atoms with E-state index < -0.39 is 17.3 Å². The second-order valence-corrected chi connectivity index (χ2v) is 9.43. The monoisotopic (exact) mass is 414 g/mol. The Kier molecular flexibility index (Phi) is 5.75. The van der Waals surface area contributed by atoms with Crippen LogP contribution >= 0.6 is 0 Å². The van der Waals surface area contributed by atoms with Gasteiger partial charge in [0.1, 0.15) is 0 Å². The molecule has 0 amide bonds. The molecule has 0 saturated heterocycles. The minimum absolute atomic E-state index is 0.0242. The van der Waals surface area contributed by atoms with Gasteiger partial charge in [-0.1, -0.05) is 39.0 Å². The van der Waals surface area contributed by atoms with Gasteiger partial charge in [-0.05, 0) is 53.4 Å². The van der Waals surface area contributed by atoms with E-state index in [1.54, 1.807) is 24.3 Å². The third kappa shape index (κ3) is 3.51. The van der Waals surface area contributed by atoms with E-state index in [-0.39, 0.29) is 23.0 Å². The molecule has 2 aliphatic carbocycles. The first-order valence-electron chi connectivity index (χ1n) is 10.3. The van der Waals surface area contributed by atoms with Crippen LogP contribution in [-0.2, 0) is 4.74 Å². The summed E-state index contributed by atoms with van der Waals surface area (Å²) in [5.41, 5.74) is 0.0439. The topological polar surface area (TPSA) is 122 Å². The summed E-state index contributed by atoms with van der Waals surface area (Å²) in [5, 5.41) is 38.6. The molecule has 0 radical (unpaired) electrons. The van der Waals surface area contributed by atoms with Gasteiger partial charge in [-0.25, -0.2) is 4.79 Å². The number of fused-ring (bicyclic) bond motifs is 1. The quantitative estimate of drug-likeness (QED) is 0.552. The van der Waals surface area contributed by atoms with E-state index in [4.69, 9.17) is 10.1 Å². The average molecular weight is 415 g/mol. The number of esters is 1. The fraction of sp³-hybridized carbons (Fsp3) is 0.480. The number of hydrogen-bond donors (Lipinski definition) is 1. The molecule has 158 valence electrons. The zero-order chi connectivity index (χ0) is 23.0. The minimum Gasteiger partial charge on any atom is -0.465 e. The highest BCUT2D eigenvalue weighted by atomic mass is 16.5. The van der Waals surface area contributed by atoms with Gasteiger partial charge in [0.15, 0.2) is 0 Å². The van der Waals surface area contributed by atoms with Gasteiger partial charge in [0.2, 0.25) is 5.41 Å². The van der Waals surface area contributed by atoms with Crippen LogP contribution in [0.25, 0.3) is 0 Å². The van der Waals surface area contributed by atoms with E-state index in [1.165, 1.54) is 7.11 Å². The Morgan fingerprint density at radius 3 is 2.26 bits per heavy atom. The molecule has 0 aromatic heterocycles. The average Bonchev–Trinajstić information content (AvgIpc) is 2.77. The molecule has 31 heavy (non-hydrogen) atoms. The Hall–Kier alpha value is -3.43. The van der Waals surface area contributed by atoms with Crippen LogP contribution in [0.3, 0.4) is 0 Å². The number of nitrogens with zero attached hydrogens (tertiary/aromatic N) is 3. The Morgan fingerprint density at radius 2 is 1.77 bits per heavy atom. The molecule has 0 bridgehead atoms. The Bertz CT molecular complexity index is 1040. The van der Waals surface area contributed by atoms with Crippen LogP contribution in [0.1, 0.15) is 55.5 Å². The van der Waals surface area contributed by atoms with E-state index in [1.807, 2.05) is 6.08 Å². The van der Waals surface area contributed by atoms with E-state index in [9.17, 15) is 20.6 Å².